The maximum atomic E-state index is 12.0. The quantitative estimate of drug-likeness (QED) is 0.762. The highest BCUT2D eigenvalue weighted by atomic mass is 32.1. The van der Waals surface area contributed by atoms with Gasteiger partial charge >= 0.3 is 0 Å². The van der Waals surface area contributed by atoms with E-state index in [1.54, 1.807) is 11.3 Å². The van der Waals surface area contributed by atoms with Gasteiger partial charge in [-0.1, -0.05) is 12.1 Å². The third-order valence-corrected chi connectivity index (χ3v) is 4.48. The molecule has 1 N–H and O–H groups in total. The lowest BCUT2D eigenvalue weighted by Gasteiger charge is -2.07. The normalized spacial score (nSPS) is 10.5. The third kappa shape index (κ3) is 4.14. The molecule has 0 spiro atoms. The second kappa shape index (κ2) is 6.89. The fourth-order valence-corrected chi connectivity index (χ4v) is 3.41. The van der Waals surface area contributed by atoms with Gasteiger partial charge in [0.1, 0.15) is 5.75 Å². The molecular formula is C16H15N3O2S2. The SMILES string of the molecule is Cc1cc(C)cc(OCC(=O)Nc2nc(-c3cccs3)ns2)c1. The highest BCUT2D eigenvalue weighted by Crippen LogP contribution is 2.25. The van der Waals surface area contributed by atoms with Crippen molar-refractivity contribution in [2.75, 3.05) is 11.9 Å². The molecule has 5 nitrogen and oxygen atoms in total. The number of carbonyl (C=O) groups is 1. The number of thiophene rings is 1. The van der Waals surface area contributed by atoms with Crippen molar-refractivity contribution in [2.24, 2.45) is 0 Å². The lowest BCUT2D eigenvalue weighted by atomic mass is 10.1. The van der Waals surface area contributed by atoms with Crippen LogP contribution in [0.25, 0.3) is 10.7 Å². The Morgan fingerprint density at radius 3 is 2.74 bits per heavy atom. The highest BCUT2D eigenvalue weighted by molar-refractivity contribution is 7.14. The Labute approximate surface area is 142 Å². The van der Waals surface area contributed by atoms with Crippen molar-refractivity contribution in [3.63, 3.8) is 0 Å². The second-order valence-corrected chi connectivity index (χ2v) is 6.76. The summed E-state index contributed by atoms with van der Waals surface area (Å²) in [4.78, 5) is 17.2. The van der Waals surface area contributed by atoms with Gasteiger partial charge in [0, 0.05) is 11.5 Å². The van der Waals surface area contributed by atoms with Gasteiger partial charge in [-0.05, 0) is 48.6 Å². The number of aromatic nitrogens is 2. The molecule has 1 amide bonds. The first-order chi connectivity index (χ1) is 11.1. The van der Waals surface area contributed by atoms with E-state index in [1.807, 2.05) is 43.5 Å². The molecule has 0 saturated heterocycles. The summed E-state index contributed by atoms with van der Waals surface area (Å²) in [6, 6.07) is 9.75. The molecule has 7 heteroatoms. The summed E-state index contributed by atoms with van der Waals surface area (Å²) in [5.41, 5.74) is 2.20. The van der Waals surface area contributed by atoms with Crippen LogP contribution in [0.2, 0.25) is 0 Å². The number of nitrogens with zero attached hydrogens (tertiary/aromatic N) is 2. The summed E-state index contributed by atoms with van der Waals surface area (Å²) >= 11 is 2.72. The zero-order valence-electron chi connectivity index (χ0n) is 12.7. The monoisotopic (exact) mass is 345 g/mol. The first kappa shape index (κ1) is 15.6. The van der Waals surface area contributed by atoms with Crippen LogP contribution in [0.1, 0.15) is 11.1 Å². The van der Waals surface area contributed by atoms with E-state index in [4.69, 9.17) is 4.74 Å². The Morgan fingerprint density at radius 1 is 1.26 bits per heavy atom. The smallest absolute Gasteiger partial charge is 0.264 e. The van der Waals surface area contributed by atoms with Gasteiger partial charge < -0.3 is 4.74 Å². The summed E-state index contributed by atoms with van der Waals surface area (Å²) in [7, 11) is 0. The predicted molar refractivity (Wildman–Crippen MR) is 93.3 cm³/mol. The van der Waals surface area contributed by atoms with Crippen LogP contribution in [0.15, 0.2) is 35.7 Å². The van der Waals surface area contributed by atoms with Gasteiger partial charge in [-0.2, -0.15) is 9.36 Å². The first-order valence-corrected chi connectivity index (χ1v) is 8.64. The molecule has 0 atom stereocenters. The largest absolute Gasteiger partial charge is 0.484 e. The van der Waals surface area contributed by atoms with Crippen molar-refractivity contribution in [3.05, 3.63) is 46.8 Å². The predicted octanol–water partition coefficient (Wildman–Crippen LogP) is 3.90. The standard InChI is InChI=1S/C16H15N3O2S2/c1-10-6-11(2)8-12(7-10)21-9-14(20)17-16-18-15(19-23-16)13-4-3-5-22-13/h3-8H,9H2,1-2H3,(H,17,18,19,20). The molecule has 1 aromatic carbocycles. The summed E-state index contributed by atoms with van der Waals surface area (Å²) in [5.74, 6) is 1.07. The third-order valence-electron chi connectivity index (χ3n) is 2.98. The zero-order chi connectivity index (χ0) is 16.2. The van der Waals surface area contributed by atoms with E-state index in [1.165, 1.54) is 0 Å². The molecule has 0 saturated carbocycles. The maximum absolute atomic E-state index is 12.0. The molecule has 0 fully saturated rings. The van der Waals surface area contributed by atoms with Crippen molar-refractivity contribution in [1.29, 1.82) is 0 Å². The van der Waals surface area contributed by atoms with Gasteiger partial charge in [-0.3, -0.25) is 10.1 Å². The van der Waals surface area contributed by atoms with Crippen LogP contribution >= 0.6 is 22.9 Å². The summed E-state index contributed by atoms with van der Waals surface area (Å²) in [6.07, 6.45) is 0. The molecule has 3 rings (SSSR count). The summed E-state index contributed by atoms with van der Waals surface area (Å²) in [5, 5.41) is 5.15. The van der Waals surface area contributed by atoms with Crippen LogP contribution in [-0.2, 0) is 4.79 Å². The van der Waals surface area contributed by atoms with Crippen molar-refractivity contribution in [1.82, 2.24) is 9.36 Å². The second-order valence-electron chi connectivity index (χ2n) is 5.06. The van der Waals surface area contributed by atoms with Crippen LogP contribution in [0, 0.1) is 13.8 Å². The summed E-state index contributed by atoms with van der Waals surface area (Å²) < 4.78 is 9.77. The number of benzene rings is 1. The molecule has 0 unspecified atom stereocenters. The summed E-state index contributed by atoms with van der Waals surface area (Å²) in [6.45, 7) is 3.93. The minimum absolute atomic E-state index is 0.0587. The van der Waals surface area contributed by atoms with Gasteiger partial charge in [0.2, 0.25) is 5.13 Å². The van der Waals surface area contributed by atoms with Crippen molar-refractivity contribution >= 4 is 33.9 Å². The van der Waals surface area contributed by atoms with Gasteiger partial charge in [0.25, 0.3) is 5.91 Å². The highest BCUT2D eigenvalue weighted by Gasteiger charge is 2.11. The van der Waals surface area contributed by atoms with Crippen LogP contribution in [0.4, 0.5) is 5.13 Å². The van der Waals surface area contributed by atoms with E-state index in [2.05, 4.69) is 20.7 Å². The van der Waals surface area contributed by atoms with E-state index >= 15 is 0 Å². The van der Waals surface area contributed by atoms with Crippen molar-refractivity contribution < 1.29 is 9.53 Å². The Morgan fingerprint density at radius 2 is 2.04 bits per heavy atom. The fourth-order valence-electron chi connectivity index (χ4n) is 2.10. The number of carbonyl (C=O) groups excluding carboxylic acids is 1. The molecule has 23 heavy (non-hydrogen) atoms. The average molecular weight is 345 g/mol. The van der Waals surface area contributed by atoms with E-state index in [9.17, 15) is 4.79 Å². The minimum Gasteiger partial charge on any atom is -0.484 e. The number of hydrogen-bond acceptors (Lipinski definition) is 6. The number of ether oxygens (including phenoxy) is 1. The van der Waals surface area contributed by atoms with Crippen LogP contribution in [0.3, 0.4) is 0 Å². The topological polar surface area (TPSA) is 64.1 Å². The van der Waals surface area contributed by atoms with Gasteiger partial charge in [0.15, 0.2) is 12.4 Å². The lowest BCUT2D eigenvalue weighted by molar-refractivity contribution is -0.118. The maximum Gasteiger partial charge on any atom is 0.264 e. The molecule has 0 radical (unpaired) electrons. The molecule has 0 aliphatic rings. The van der Waals surface area contributed by atoms with E-state index < -0.39 is 0 Å². The van der Waals surface area contributed by atoms with E-state index in [0.29, 0.717) is 16.7 Å². The number of nitrogens with one attached hydrogen (secondary N) is 1. The van der Waals surface area contributed by atoms with Crippen LogP contribution in [-0.4, -0.2) is 21.9 Å². The molecule has 118 valence electrons. The fraction of sp³-hybridized carbons (Fsp3) is 0.188. The molecule has 0 bridgehead atoms. The molecule has 0 aliphatic heterocycles. The van der Waals surface area contributed by atoms with Crippen LogP contribution in [0.5, 0.6) is 5.75 Å². The van der Waals surface area contributed by atoms with Crippen molar-refractivity contribution in [2.45, 2.75) is 13.8 Å². The van der Waals surface area contributed by atoms with Gasteiger partial charge in [-0.25, -0.2) is 0 Å². The molecule has 2 aromatic heterocycles. The van der Waals surface area contributed by atoms with Gasteiger partial charge in [0.05, 0.1) is 4.88 Å². The molecule has 3 aromatic rings. The van der Waals surface area contributed by atoms with Crippen LogP contribution < -0.4 is 10.1 Å². The van der Waals surface area contributed by atoms with E-state index in [-0.39, 0.29) is 12.5 Å². The number of rotatable bonds is 5. The van der Waals surface area contributed by atoms with Gasteiger partial charge in [-0.15, -0.1) is 11.3 Å². The Kier molecular flexibility index (Phi) is 4.68. The number of amides is 1. The molecule has 2 heterocycles. The minimum atomic E-state index is -0.252. The first-order valence-electron chi connectivity index (χ1n) is 6.99. The van der Waals surface area contributed by atoms with E-state index in [0.717, 1.165) is 27.5 Å². The number of hydrogen-bond donors (Lipinski definition) is 1. The Bertz CT molecular complexity index is 792. The Hall–Kier alpha value is -2.25. The van der Waals surface area contributed by atoms with Crippen molar-refractivity contribution in [3.8, 4) is 16.5 Å². The molecular weight excluding hydrogens is 330 g/mol. The molecule has 0 aliphatic carbocycles. The number of anilines is 1. The average Bonchev–Trinajstić information content (AvgIpc) is 3.14. The Balaban J connectivity index is 1.57. The number of aryl methyl sites for hydroxylation is 2. The lowest BCUT2D eigenvalue weighted by Crippen LogP contribution is -2.20. The zero-order valence-corrected chi connectivity index (χ0v) is 14.3.